The van der Waals surface area contributed by atoms with Crippen molar-refractivity contribution in [1.29, 1.82) is 0 Å². The average Bonchev–Trinajstić information content (AvgIpc) is 2.64. The Bertz CT molecular complexity index is 810. The van der Waals surface area contributed by atoms with Gasteiger partial charge in [-0.25, -0.2) is 4.68 Å². The van der Waals surface area contributed by atoms with Gasteiger partial charge >= 0.3 is 0 Å². The third-order valence-corrected chi connectivity index (χ3v) is 4.41. The van der Waals surface area contributed by atoms with Gasteiger partial charge in [-0.05, 0) is 57.0 Å². The molecule has 1 N–H and O–H groups in total. The molecule has 0 aliphatic carbocycles. The van der Waals surface area contributed by atoms with Gasteiger partial charge in [0.15, 0.2) is 0 Å². The molecule has 1 heterocycles. The molecule has 0 radical (unpaired) electrons. The zero-order chi connectivity index (χ0) is 19.1. The molecule has 26 heavy (non-hydrogen) atoms. The summed E-state index contributed by atoms with van der Waals surface area (Å²) >= 11 is 0. The lowest BCUT2D eigenvalue weighted by Gasteiger charge is -2.22. The van der Waals surface area contributed by atoms with E-state index in [4.69, 9.17) is 0 Å². The van der Waals surface area contributed by atoms with E-state index in [-0.39, 0.29) is 17.2 Å². The minimum absolute atomic E-state index is 0.185. The van der Waals surface area contributed by atoms with Crippen molar-refractivity contribution in [2.45, 2.75) is 47.1 Å². The first kappa shape index (κ1) is 19.7. The van der Waals surface area contributed by atoms with Crippen LogP contribution in [0.2, 0.25) is 0 Å². The lowest BCUT2D eigenvalue weighted by Crippen LogP contribution is -2.26. The summed E-state index contributed by atoms with van der Waals surface area (Å²) in [5.74, 6) is -0.311. The first-order valence-electron chi connectivity index (χ1n) is 9.25. The molecular formula is C20H28N4O2. The van der Waals surface area contributed by atoms with Gasteiger partial charge in [-0.1, -0.05) is 13.3 Å². The number of anilines is 2. The van der Waals surface area contributed by atoms with Gasteiger partial charge in [0.1, 0.15) is 5.69 Å². The largest absolute Gasteiger partial charge is 0.372 e. The predicted octanol–water partition coefficient (Wildman–Crippen LogP) is 3.45. The fourth-order valence-electron chi connectivity index (χ4n) is 2.80. The quantitative estimate of drug-likeness (QED) is 0.787. The Balaban J connectivity index is 2.18. The van der Waals surface area contributed by atoms with E-state index in [2.05, 4.69) is 35.2 Å². The van der Waals surface area contributed by atoms with E-state index in [1.807, 2.05) is 26.0 Å². The fourth-order valence-corrected chi connectivity index (χ4v) is 2.80. The maximum Gasteiger partial charge on any atom is 0.276 e. The number of rotatable bonds is 8. The molecule has 0 saturated heterocycles. The highest BCUT2D eigenvalue weighted by atomic mass is 16.2. The van der Waals surface area contributed by atoms with Crippen molar-refractivity contribution >= 4 is 17.3 Å². The number of carbonyl (C=O) groups excluding carboxylic acids is 1. The lowest BCUT2D eigenvalue weighted by atomic mass is 10.1. The standard InChI is InChI=1S/C20H28N4O2/c1-5-8-13-24-19(25)12-11-18(22-24)20(26)21-17-10-9-16(14-15(17)4)23(6-2)7-3/h9-12,14H,5-8,13H2,1-4H3,(H,21,26). The van der Waals surface area contributed by atoms with Gasteiger partial charge in [-0.15, -0.1) is 0 Å². The molecular weight excluding hydrogens is 328 g/mol. The van der Waals surface area contributed by atoms with Crippen LogP contribution in [0.3, 0.4) is 0 Å². The summed E-state index contributed by atoms with van der Waals surface area (Å²) in [5.41, 5.74) is 2.93. The first-order valence-corrected chi connectivity index (χ1v) is 9.25. The van der Waals surface area contributed by atoms with Gasteiger partial charge in [0.2, 0.25) is 0 Å². The molecule has 0 spiro atoms. The SMILES string of the molecule is CCCCn1nc(C(=O)Nc2ccc(N(CC)CC)cc2C)ccc1=O. The first-order chi connectivity index (χ1) is 12.5. The average molecular weight is 356 g/mol. The molecule has 0 fully saturated rings. The molecule has 6 nitrogen and oxygen atoms in total. The number of nitrogens with one attached hydrogen (secondary N) is 1. The summed E-state index contributed by atoms with van der Waals surface area (Å²) in [4.78, 5) is 26.6. The van der Waals surface area contributed by atoms with E-state index >= 15 is 0 Å². The van der Waals surface area contributed by atoms with Crippen LogP contribution in [0.25, 0.3) is 0 Å². The Labute approximate surface area is 154 Å². The number of nitrogens with zero attached hydrogens (tertiary/aromatic N) is 3. The van der Waals surface area contributed by atoms with Crippen LogP contribution in [0, 0.1) is 6.92 Å². The van der Waals surface area contributed by atoms with Crippen molar-refractivity contribution in [3.63, 3.8) is 0 Å². The third-order valence-electron chi connectivity index (χ3n) is 4.41. The zero-order valence-corrected chi connectivity index (χ0v) is 16.1. The Morgan fingerprint density at radius 3 is 2.50 bits per heavy atom. The molecule has 2 rings (SSSR count). The molecule has 0 aliphatic heterocycles. The van der Waals surface area contributed by atoms with Gasteiger partial charge in [0.25, 0.3) is 11.5 Å². The molecule has 1 aromatic heterocycles. The van der Waals surface area contributed by atoms with Crippen LogP contribution in [0.15, 0.2) is 35.1 Å². The van der Waals surface area contributed by atoms with Crippen molar-refractivity contribution in [3.8, 4) is 0 Å². The van der Waals surface area contributed by atoms with Crippen LogP contribution in [0.4, 0.5) is 11.4 Å². The number of aryl methyl sites for hydroxylation is 2. The maximum absolute atomic E-state index is 12.5. The minimum Gasteiger partial charge on any atom is -0.372 e. The van der Waals surface area contributed by atoms with Crippen molar-refractivity contribution in [1.82, 2.24) is 9.78 Å². The van der Waals surface area contributed by atoms with E-state index in [1.54, 1.807) is 0 Å². The highest BCUT2D eigenvalue weighted by molar-refractivity contribution is 6.03. The topological polar surface area (TPSA) is 67.2 Å². The van der Waals surface area contributed by atoms with Crippen molar-refractivity contribution in [3.05, 3.63) is 51.9 Å². The highest BCUT2D eigenvalue weighted by Gasteiger charge is 2.12. The summed E-state index contributed by atoms with van der Waals surface area (Å²) < 4.78 is 1.36. The van der Waals surface area contributed by atoms with Gasteiger partial charge in [-0.3, -0.25) is 9.59 Å². The van der Waals surface area contributed by atoms with Crippen molar-refractivity contribution < 1.29 is 4.79 Å². The molecule has 0 saturated carbocycles. The Hall–Kier alpha value is -2.63. The zero-order valence-electron chi connectivity index (χ0n) is 16.1. The third kappa shape index (κ3) is 4.71. The molecule has 1 amide bonds. The number of aromatic nitrogens is 2. The summed E-state index contributed by atoms with van der Waals surface area (Å²) in [7, 11) is 0. The summed E-state index contributed by atoms with van der Waals surface area (Å²) in [6, 6.07) is 8.85. The molecule has 0 atom stereocenters. The second kappa shape index (κ2) is 9.17. The van der Waals surface area contributed by atoms with Crippen LogP contribution < -0.4 is 15.8 Å². The number of unbranched alkanes of at least 4 members (excludes halogenated alkanes) is 1. The van der Waals surface area contributed by atoms with Crippen molar-refractivity contribution in [2.24, 2.45) is 0 Å². The van der Waals surface area contributed by atoms with Crippen molar-refractivity contribution in [2.75, 3.05) is 23.3 Å². The van der Waals surface area contributed by atoms with Crippen LogP contribution in [-0.2, 0) is 6.54 Å². The molecule has 0 unspecified atom stereocenters. The minimum atomic E-state index is -0.311. The van der Waals surface area contributed by atoms with Crippen LogP contribution in [-0.4, -0.2) is 28.8 Å². The second-order valence-corrected chi connectivity index (χ2v) is 6.26. The van der Waals surface area contributed by atoms with Gasteiger partial charge in [-0.2, -0.15) is 5.10 Å². The summed E-state index contributed by atoms with van der Waals surface area (Å²) in [5, 5.41) is 7.09. The van der Waals surface area contributed by atoms with Crippen LogP contribution >= 0.6 is 0 Å². The molecule has 6 heteroatoms. The molecule has 0 aliphatic rings. The highest BCUT2D eigenvalue weighted by Crippen LogP contribution is 2.23. The van der Waals surface area contributed by atoms with Crippen LogP contribution in [0.1, 0.15) is 49.7 Å². The van der Waals surface area contributed by atoms with Gasteiger partial charge in [0, 0.05) is 37.1 Å². The molecule has 140 valence electrons. The van der Waals surface area contributed by atoms with Gasteiger partial charge < -0.3 is 10.2 Å². The normalized spacial score (nSPS) is 10.6. The number of hydrogen-bond acceptors (Lipinski definition) is 4. The van der Waals surface area contributed by atoms with Crippen LogP contribution in [0.5, 0.6) is 0 Å². The number of hydrogen-bond donors (Lipinski definition) is 1. The van der Waals surface area contributed by atoms with E-state index in [0.29, 0.717) is 6.54 Å². The molecule has 2 aromatic rings. The maximum atomic E-state index is 12.5. The smallest absolute Gasteiger partial charge is 0.276 e. The van der Waals surface area contributed by atoms with E-state index in [9.17, 15) is 9.59 Å². The number of amides is 1. The van der Waals surface area contributed by atoms with E-state index in [1.165, 1.54) is 16.8 Å². The van der Waals surface area contributed by atoms with E-state index in [0.717, 1.165) is 42.9 Å². The Morgan fingerprint density at radius 1 is 1.15 bits per heavy atom. The molecule has 1 aromatic carbocycles. The lowest BCUT2D eigenvalue weighted by molar-refractivity contribution is 0.101. The van der Waals surface area contributed by atoms with Gasteiger partial charge in [0.05, 0.1) is 0 Å². The summed E-state index contributed by atoms with van der Waals surface area (Å²) in [6.45, 7) is 10.6. The van der Waals surface area contributed by atoms with E-state index < -0.39 is 0 Å². The predicted molar refractivity (Wildman–Crippen MR) is 106 cm³/mol. The second-order valence-electron chi connectivity index (χ2n) is 6.26. The number of carbonyl (C=O) groups is 1. The monoisotopic (exact) mass is 356 g/mol. The number of benzene rings is 1. The Kier molecular flexibility index (Phi) is 6.95. The Morgan fingerprint density at radius 2 is 1.88 bits per heavy atom. The summed E-state index contributed by atoms with van der Waals surface area (Å²) in [6.07, 6.45) is 1.81. The molecule has 0 bridgehead atoms. The fraction of sp³-hybridized carbons (Fsp3) is 0.450.